The number of furan rings is 1. The van der Waals surface area contributed by atoms with E-state index in [9.17, 15) is 14.7 Å². The molecule has 2 aromatic rings. The maximum absolute atomic E-state index is 12.8. The summed E-state index contributed by atoms with van der Waals surface area (Å²) in [4.78, 5) is 29.0. The number of likely N-dealkylation sites (tertiary alicyclic amines) is 1. The van der Waals surface area contributed by atoms with Crippen LogP contribution >= 0.6 is 0 Å². The fourth-order valence-corrected chi connectivity index (χ4v) is 3.44. The molecule has 0 aliphatic carbocycles. The standard InChI is InChI=1S/C22H26N2O5/c1-4-28-16-10-8-15(9-11-16)20(25)18-19(17-7-5-14-29-17)24(22(27)21(18)26)13-6-12-23(2)3/h5,7-11,14,19,25H,4,6,12-13H2,1-3H3/b20-18-. The van der Waals surface area contributed by atoms with E-state index in [1.54, 1.807) is 36.4 Å². The molecule has 0 saturated carbocycles. The van der Waals surface area contributed by atoms with Crippen molar-refractivity contribution in [1.82, 2.24) is 9.80 Å². The molecule has 0 spiro atoms. The summed E-state index contributed by atoms with van der Waals surface area (Å²) in [5.74, 6) is -0.444. The predicted octanol–water partition coefficient (Wildman–Crippen LogP) is 3.05. The third kappa shape index (κ3) is 4.35. The molecule has 2 heterocycles. The first kappa shape index (κ1) is 20.7. The Labute approximate surface area is 170 Å². The van der Waals surface area contributed by atoms with Crippen molar-refractivity contribution >= 4 is 17.4 Å². The van der Waals surface area contributed by atoms with Crippen molar-refractivity contribution < 1.29 is 23.8 Å². The highest BCUT2D eigenvalue weighted by molar-refractivity contribution is 6.46. The van der Waals surface area contributed by atoms with E-state index in [1.165, 1.54) is 11.2 Å². The van der Waals surface area contributed by atoms with Crippen LogP contribution in [0.25, 0.3) is 5.76 Å². The Kier molecular flexibility index (Phi) is 6.39. The van der Waals surface area contributed by atoms with Gasteiger partial charge in [-0.25, -0.2) is 0 Å². The first-order chi connectivity index (χ1) is 13.9. The molecule has 7 heteroatoms. The number of aliphatic hydroxyl groups excluding tert-OH is 1. The van der Waals surface area contributed by atoms with Gasteiger partial charge in [-0.3, -0.25) is 9.59 Å². The van der Waals surface area contributed by atoms with E-state index >= 15 is 0 Å². The van der Waals surface area contributed by atoms with Crippen molar-refractivity contribution in [2.75, 3.05) is 33.8 Å². The number of benzene rings is 1. The zero-order chi connectivity index (χ0) is 21.0. The van der Waals surface area contributed by atoms with Crippen LogP contribution in [0, 0.1) is 0 Å². The summed E-state index contributed by atoms with van der Waals surface area (Å²) in [6, 6.07) is 9.42. The van der Waals surface area contributed by atoms with E-state index in [0.717, 1.165) is 6.54 Å². The highest BCUT2D eigenvalue weighted by Crippen LogP contribution is 2.39. The van der Waals surface area contributed by atoms with Crippen LogP contribution in [0.5, 0.6) is 5.75 Å². The number of carbonyl (C=O) groups excluding carboxylic acids is 2. The fourth-order valence-electron chi connectivity index (χ4n) is 3.44. The number of ether oxygens (including phenoxy) is 1. The molecule has 154 valence electrons. The average molecular weight is 398 g/mol. The van der Waals surface area contributed by atoms with Crippen molar-refractivity contribution in [3.05, 3.63) is 59.6 Å². The number of hydrogen-bond acceptors (Lipinski definition) is 6. The number of amides is 1. The topological polar surface area (TPSA) is 83.2 Å². The van der Waals surface area contributed by atoms with E-state index in [4.69, 9.17) is 9.15 Å². The van der Waals surface area contributed by atoms with Crippen LogP contribution < -0.4 is 4.74 Å². The monoisotopic (exact) mass is 398 g/mol. The molecule has 1 unspecified atom stereocenters. The molecule has 29 heavy (non-hydrogen) atoms. The SMILES string of the molecule is CCOc1ccc(/C(O)=C2/C(=O)C(=O)N(CCCN(C)C)C2c2ccco2)cc1. The van der Waals surface area contributed by atoms with Gasteiger partial charge in [-0.15, -0.1) is 0 Å². The summed E-state index contributed by atoms with van der Waals surface area (Å²) < 4.78 is 10.9. The molecule has 1 fully saturated rings. The second kappa shape index (κ2) is 8.96. The molecule has 1 aliphatic rings. The molecule has 1 saturated heterocycles. The number of hydrogen-bond donors (Lipinski definition) is 1. The summed E-state index contributed by atoms with van der Waals surface area (Å²) in [5.41, 5.74) is 0.482. The van der Waals surface area contributed by atoms with Crippen molar-refractivity contribution in [1.29, 1.82) is 0 Å². The highest BCUT2D eigenvalue weighted by atomic mass is 16.5. The first-order valence-electron chi connectivity index (χ1n) is 9.63. The summed E-state index contributed by atoms with van der Waals surface area (Å²) >= 11 is 0. The average Bonchev–Trinajstić information content (AvgIpc) is 3.30. The Hall–Kier alpha value is -3.06. The Bertz CT molecular complexity index is 884. The van der Waals surface area contributed by atoms with Gasteiger partial charge in [0.1, 0.15) is 23.3 Å². The molecule has 3 rings (SSSR count). The van der Waals surface area contributed by atoms with Crippen LogP contribution in [0.2, 0.25) is 0 Å². The van der Waals surface area contributed by atoms with Gasteiger partial charge in [-0.2, -0.15) is 0 Å². The zero-order valence-electron chi connectivity index (χ0n) is 16.9. The lowest BCUT2D eigenvalue weighted by atomic mass is 9.99. The van der Waals surface area contributed by atoms with Gasteiger partial charge in [0.15, 0.2) is 0 Å². The lowest BCUT2D eigenvalue weighted by Crippen LogP contribution is -2.32. The van der Waals surface area contributed by atoms with Crippen molar-refractivity contribution in [2.45, 2.75) is 19.4 Å². The summed E-state index contributed by atoms with van der Waals surface area (Å²) in [6.45, 7) is 3.57. The second-order valence-electron chi connectivity index (χ2n) is 7.12. The smallest absolute Gasteiger partial charge is 0.295 e. The molecule has 0 radical (unpaired) electrons. The number of nitrogens with zero attached hydrogens (tertiary/aromatic N) is 2. The molecule has 1 aromatic heterocycles. The number of ketones is 1. The minimum atomic E-state index is -0.751. The summed E-state index contributed by atoms with van der Waals surface area (Å²) in [5, 5.41) is 10.9. The van der Waals surface area contributed by atoms with Crippen molar-refractivity contribution in [2.24, 2.45) is 0 Å². The Balaban J connectivity index is 1.99. The zero-order valence-corrected chi connectivity index (χ0v) is 16.9. The maximum Gasteiger partial charge on any atom is 0.295 e. The Morgan fingerprint density at radius 1 is 1.21 bits per heavy atom. The fraction of sp³-hybridized carbons (Fsp3) is 0.364. The van der Waals surface area contributed by atoms with Gasteiger partial charge in [-0.05, 0) is 70.4 Å². The molecule has 1 atom stereocenters. The van der Waals surface area contributed by atoms with Gasteiger partial charge in [0.25, 0.3) is 11.7 Å². The minimum absolute atomic E-state index is 0.0407. The van der Waals surface area contributed by atoms with E-state index in [-0.39, 0.29) is 11.3 Å². The molecule has 1 amide bonds. The van der Waals surface area contributed by atoms with Gasteiger partial charge < -0.3 is 24.1 Å². The molecule has 1 aliphatic heterocycles. The van der Waals surface area contributed by atoms with Crippen LogP contribution in [0.1, 0.15) is 30.7 Å². The molecule has 1 aromatic carbocycles. The lowest BCUT2D eigenvalue weighted by molar-refractivity contribution is -0.140. The van der Waals surface area contributed by atoms with E-state index in [1.807, 2.05) is 25.9 Å². The van der Waals surface area contributed by atoms with Gasteiger partial charge in [0.05, 0.1) is 18.4 Å². The molecular formula is C22H26N2O5. The van der Waals surface area contributed by atoms with Crippen molar-refractivity contribution in [3.63, 3.8) is 0 Å². The predicted molar refractivity (Wildman–Crippen MR) is 108 cm³/mol. The third-order valence-electron chi connectivity index (χ3n) is 4.80. The number of Topliss-reactive ketones (excluding diaryl/α,β-unsaturated/α-hetero) is 1. The lowest BCUT2D eigenvalue weighted by Gasteiger charge is -2.24. The van der Waals surface area contributed by atoms with Crippen LogP contribution in [-0.4, -0.2) is 60.4 Å². The molecule has 1 N–H and O–H groups in total. The van der Waals surface area contributed by atoms with Crippen LogP contribution in [0.3, 0.4) is 0 Å². The number of rotatable bonds is 8. The summed E-state index contributed by atoms with van der Waals surface area (Å²) in [7, 11) is 3.90. The van der Waals surface area contributed by atoms with E-state index in [2.05, 4.69) is 0 Å². The minimum Gasteiger partial charge on any atom is -0.507 e. The normalized spacial score (nSPS) is 18.6. The Morgan fingerprint density at radius 3 is 2.52 bits per heavy atom. The molecule has 7 nitrogen and oxygen atoms in total. The molecule has 0 bridgehead atoms. The van der Waals surface area contributed by atoms with Crippen LogP contribution in [0.4, 0.5) is 0 Å². The first-order valence-corrected chi connectivity index (χ1v) is 9.63. The van der Waals surface area contributed by atoms with Gasteiger partial charge in [0, 0.05) is 12.1 Å². The van der Waals surface area contributed by atoms with E-state index in [0.29, 0.717) is 36.6 Å². The third-order valence-corrected chi connectivity index (χ3v) is 4.80. The van der Waals surface area contributed by atoms with Crippen LogP contribution in [-0.2, 0) is 9.59 Å². The van der Waals surface area contributed by atoms with Crippen LogP contribution in [0.15, 0.2) is 52.7 Å². The van der Waals surface area contributed by atoms with Gasteiger partial charge >= 0.3 is 0 Å². The number of aliphatic hydroxyl groups is 1. The molecular weight excluding hydrogens is 372 g/mol. The van der Waals surface area contributed by atoms with Gasteiger partial charge in [0.2, 0.25) is 0 Å². The highest BCUT2D eigenvalue weighted by Gasteiger charge is 2.47. The maximum atomic E-state index is 12.8. The van der Waals surface area contributed by atoms with Gasteiger partial charge in [-0.1, -0.05) is 0 Å². The largest absolute Gasteiger partial charge is 0.507 e. The number of carbonyl (C=O) groups is 2. The quantitative estimate of drug-likeness (QED) is 0.418. The summed E-state index contributed by atoms with van der Waals surface area (Å²) in [6.07, 6.45) is 2.19. The van der Waals surface area contributed by atoms with E-state index < -0.39 is 17.7 Å². The second-order valence-corrected chi connectivity index (χ2v) is 7.12. The Morgan fingerprint density at radius 2 is 1.93 bits per heavy atom. The van der Waals surface area contributed by atoms with Crippen molar-refractivity contribution in [3.8, 4) is 5.75 Å².